The van der Waals surface area contributed by atoms with Crippen molar-refractivity contribution in [3.05, 3.63) is 65.5 Å². The molecule has 36 heavy (non-hydrogen) atoms. The molecule has 0 aromatic heterocycles. The maximum absolute atomic E-state index is 13.7. The largest absolute Gasteiger partial charge is 0.350 e. The summed E-state index contributed by atoms with van der Waals surface area (Å²) in [7, 11) is -3.80. The van der Waals surface area contributed by atoms with Crippen LogP contribution in [0.15, 0.2) is 48.5 Å². The molecule has 0 saturated carbocycles. The molecule has 0 aliphatic heterocycles. The number of carbonyl (C=O) groups is 2. The predicted molar refractivity (Wildman–Crippen MR) is 142 cm³/mol. The number of nitrogens with one attached hydrogen (secondary N) is 1. The van der Waals surface area contributed by atoms with Gasteiger partial charge in [0.15, 0.2) is 0 Å². The number of amides is 2. The van der Waals surface area contributed by atoms with E-state index in [0.29, 0.717) is 17.7 Å². The van der Waals surface area contributed by atoms with Gasteiger partial charge < -0.3 is 10.2 Å². The Bertz CT molecular complexity index is 1140. The van der Waals surface area contributed by atoms with Gasteiger partial charge in [-0.1, -0.05) is 45.0 Å². The molecule has 2 amide bonds. The molecule has 7 nitrogen and oxygen atoms in total. The Hall–Kier alpha value is -2.94. The normalized spacial score (nSPS) is 12.8. The summed E-state index contributed by atoms with van der Waals surface area (Å²) < 4.78 is 39.9. The molecule has 0 aliphatic rings. The molecule has 0 heterocycles. The van der Waals surface area contributed by atoms with Crippen LogP contribution in [0.1, 0.15) is 65.0 Å². The van der Waals surface area contributed by atoms with E-state index in [1.807, 2.05) is 46.8 Å². The fourth-order valence-corrected chi connectivity index (χ4v) is 4.65. The van der Waals surface area contributed by atoms with Crippen LogP contribution >= 0.6 is 0 Å². The van der Waals surface area contributed by atoms with E-state index in [1.165, 1.54) is 17.0 Å². The number of benzene rings is 2. The van der Waals surface area contributed by atoms with Gasteiger partial charge >= 0.3 is 0 Å². The van der Waals surface area contributed by atoms with Crippen LogP contribution in [0.3, 0.4) is 0 Å². The van der Waals surface area contributed by atoms with E-state index in [2.05, 4.69) is 5.32 Å². The van der Waals surface area contributed by atoms with Crippen molar-refractivity contribution in [2.45, 2.75) is 72.0 Å². The van der Waals surface area contributed by atoms with Crippen LogP contribution in [0.5, 0.6) is 0 Å². The average molecular weight is 520 g/mol. The Morgan fingerprint density at radius 1 is 1.00 bits per heavy atom. The molecular formula is C27H38FN3O4S. The highest BCUT2D eigenvalue weighted by Crippen LogP contribution is 2.23. The molecule has 0 unspecified atom stereocenters. The first-order chi connectivity index (χ1) is 16.6. The lowest BCUT2D eigenvalue weighted by atomic mass is 10.0. The summed E-state index contributed by atoms with van der Waals surface area (Å²) in [6.07, 6.45) is 1.36. The van der Waals surface area contributed by atoms with Crippen LogP contribution in [0.4, 0.5) is 10.1 Å². The lowest BCUT2D eigenvalue weighted by Gasteiger charge is -2.34. The van der Waals surface area contributed by atoms with Gasteiger partial charge in [-0.05, 0) is 68.5 Å². The number of carbonyl (C=O) groups excluding carboxylic acids is 2. The maximum Gasteiger partial charge on any atom is 0.244 e. The lowest BCUT2D eigenvalue weighted by molar-refractivity contribution is -0.141. The van der Waals surface area contributed by atoms with Crippen LogP contribution in [-0.4, -0.2) is 49.5 Å². The summed E-state index contributed by atoms with van der Waals surface area (Å²) in [5.41, 5.74) is 1.51. The third-order valence-corrected chi connectivity index (χ3v) is 6.82. The SMILES string of the molecule is CC[C@H](C(=O)NC(C)(C)C)N(Cc1ccc(F)cc1)C(=O)CN(c1ccc(C(C)C)cc1)S(C)(=O)=O. The number of rotatable bonds is 10. The summed E-state index contributed by atoms with van der Waals surface area (Å²) in [5.74, 6) is -1.02. The first-order valence-corrected chi connectivity index (χ1v) is 13.9. The fourth-order valence-electron chi connectivity index (χ4n) is 3.80. The Balaban J connectivity index is 2.44. The Labute approximate surface area is 214 Å². The van der Waals surface area contributed by atoms with Gasteiger partial charge in [-0.2, -0.15) is 0 Å². The van der Waals surface area contributed by atoms with Gasteiger partial charge in [-0.15, -0.1) is 0 Å². The van der Waals surface area contributed by atoms with E-state index in [0.717, 1.165) is 16.1 Å². The van der Waals surface area contributed by atoms with Crippen LogP contribution < -0.4 is 9.62 Å². The second kappa shape index (κ2) is 11.9. The average Bonchev–Trinajstić information content (AvgIpc) is 2.76. The van der Waals surface area contributed by atoms with Gasteiger partial charge in [-0.3, -0.25) is 13.9 Å². The van der Waals surface area contributed by atoms with E-state index in [-0.39, 0.29) is 18.4 Å². The zero-order valence-corrected chi connectivity index (χ0v) is 23.0. The zero-order valence-electron chi connectivity index (χ0n) is 22.2. The molecule has 2 aromatic rings. The van der Waals surface area contributed by atoms with Crippen molar-refractivity contribution >= 4 is 27.5 Å². The van der Waals surface area contributed by atoms with Crippen molar-refractivity contribution in [3.8, 4) is 0 Å². The topological polar surface area (TPSA) is 86.8 Å². The first-order valence-electron chi connectivity index (χ1n) is 12.1. The summed E-state index contributed by atoms with van der Waals surface area (Å²) in [4.78, 5) is 28.2. The number of sulfonamides is 1. The van der Waals surface area contributed by atoms with Crippen LogP contribution in [0.25, 0.3) is 0 Å². The zero-order chi connectivity index (χ0) is 27.3. The quantitative estimate of drug-likeness (QED) is 0.503. The summed E-state index contributed by atoms with van der Waals surface area (Å²) >= 11 is 0. The van der Waals surface area contributed by atoms with E-state index < -0.39 is 39.9 Å². The van der Waals surface area contributed by atoms with Gasteiger partial charge in [0.25, 0.3) is 0 Å². The molecule has 0 fully saturated rings. The molecule has 2 aromatic carbocycles. The number of hydrogen-bond donors (Lipinski definition) is 1. The van der Waals surface area contributed by atoms with Gasteiger partial charge in [0.2, 0.25) is 21.8 Å². The number of hydrogen-bond acceptors (Lipinski definition) is 4. The Morgan fingerprint density at radius 3 is 2.00 bits per heavy atom. The van der Waals surface area contributed by atoms with Gasteiger partial charge in [-0.25, -0.2) is 12.8 Å². The highest BCUT2D eigenvalue weighted by molar-refractivity contribution is 7.92. The summed E-state index contributed by atoms with van der Waals surface area (Å²) in [6.45, 7) is 10.9. The monoisotopic (exact) mass is 519 g/mol. The third kappa shape index (κ3) is 8.33. The minimum atomic E-state index is -3.80. The van der Waals surface area contributed by atoms with Gasteiger partial charge in [0, 0.05) is 12.1 Å². The summed E-state index contributed by atoms with van der Waals surface area (Å²) in [5, 5.41) is 2.91. The van der Waals surface area contributed by atoms with Crippen molar-refractivity contribution in [2.75, 3.05) is 17.1 Å². The van der Waals surface area contributed by atoms with Crippen molar-refractivity contribution in [3.63, 3.8) is 0 Å². The second-order valence-corrected chi connectivity index (χ2v) is 12.2. The first kappa shape index (κ1) is 29.3. The van der Waals surface area contributed by atoms with Crippen LogP contribution in [0, 0.1) is 5.82 Å². The number of nitrogens with zero attached hydrogens (tertiary/aromatic N) is 2. The van der Waals surface area contributed by atoms with E-state index in [1.54, 1.807) is 31.2 Å². The van der Waals surface area contributed by atoms with Gasteiger partial charge in [0.1, 0.15) is 18.4 Å². The molecule has 0 aliphatic carbocycles. The molecule has 0 spiro atoms. The van der Waals surface area contributed by atoms with E-state index in [4.69, 9.17) is 0 Å². The Morgan fingerprint density at radius 2 is 1.56 bits per heavy atom. The van der Waals surface area contributed by atoms with Crippen molar-refractivity contribution in [1.29, 1.82) is 0 Å². The third-order valence-electron chi connectivity index (χ3n) is 5.68. The van der Waals surface area contributed by atoms with Gasteiger partial charge in [0.05, 0.1) is 11.9 Å². The maximum atomic E-state index is 13.7. The predicted octanol–water partition coefficient (Wildman–Crippen LogP) is 4.44. The minimum absolute atomic E-state index is 0.0269. The highest BCUT2D eigenvalue weighted by Gasteiger charge is 2.33. The number of halogens is 1. The molecule has 0 bridgehead atoms. The molecule has 0 radical (unpaired) electrons. The van der Waals surface area contributed by atoms with Crippen molar-refractivity contribution < 1.29 is 22.4 Å². The molecule has 2 rings (SSSR count). The lowest BCUT2D eigenvalue weighted by Crippen LogP contribution is -2.55. The van der Waals surface area contributed by atoms with Crippen LogP contribution in [0.2, 0.25) is 0 Å². The summed E-state index contributed by atoms with van der Waals surface area (Å²) in [6, 6.07) is 11.9. The molecule has 9 heteroatoms. The molecule has 0 saturated heterocycles. The Kier molecular flexibility index (Phi) is 9.65. The van der Waals surface area contributed by atoms with Crippen molar-refractivity contribution in [1.82, 2.24) is 10.2 Å². The molecule has 198 valence electrons. The fraction of sp³-hybridized carbons (Fsp3) is 0.481. The van der Waals surface area contributed by atoms with Crippen LogP contribution in [-0.2, 0) is 26.2 Å². The number of anilines is 1. The smallest absolute Gasteiger partial charge is 0.244 e. The second-order valence-electron chi connectivity index (χ2n) is 10.3. The van der Waals surface area contributed by atoms with Crippen molar-refractivity contribution in [2.24, 2.45) is 0 Å². The van der Waals surface area contributed by atoms with E-state index >= 15 is 0 Å². The molecule has 1 N–H and O–H groups in total. The standard InChI is InChI=1S/C27H38FN3O4S/c1-8-24(26(33)29-27(4,5)6)30(17-20-9-13-22(28)14-10-20)25(32)18-31(36(7,34)35)23-15-11-21(12-16-23)19(2)3/h9-16,19,24H,8,17-18H2,1-7H3,(H,29,33)/t24-/m1/s1. The highest BCUT2D eigenvalue weighted by atomic mass is 32.2. The molecule has 1 atom stereocenters. The minimum Gasteiger partial charge on any atom is -0.350 e. The molecular weight excluding hydrogens is 481 g/mol. The van der Waals surface area contributed by atoms with E-state index in [9.17, 15) is 22.4 Å².